The number of hydrogen-bond acceptors (Lipinski definition) is 4. The summed E-state index contributed by atoms with van der Waals surface area (Å²) in [5.74, 6) is 0. The van der Waals surface area contributed by atoms with Gasteiger partial charge in [0.15, 0.2) is 0 Å². The second-order valence-corrected chi connectivity index (χ2v) is 4.95. The van der Waals surface area contributed by atoms with E-state index < -0.39 is 0 Å². The van der Waals surface area contributed by atoms with Gasteiger partial charge in [-0.1, -0.05) is 37.3 Å². The fourth-order valence-electron chi connectivity index (χ4n) is 1.62. The quantitative estimate of drug-likeness (QED) is 0.770. The Labute approximate surface area is 107 Å². The fraction of sp³-hybridized carbons (Fsp3) is 0.462. The highest BCUT2D eigenvalue weighted by Gasteiger charge is 2.32. The van der Waals surface area contributed by atoms with E-state index in [0.29, 0.717) is 26.4 Å². The van der Waals surface area contributed by atoms with E-state index in [-0.39, 0.29) is 10.7 Å². The first-order valence-electron chi connectivity index (χ1n) is 5.59. The van der Waals surface area contributed by atoms with Crippen molar-refractivity contribution >= 4 is 17.5 Å². The summed E-state index contributed by atoms with van der Waals surface area (Å²) in [6.45, 7) is 4.40. The molecular formula is C13H16O3S. The van der Waals surface area contributed by atoms with Gasteiger partial charge in [-0.15, -0.1) is 0 Å². The Morgan fingerprint density at radius 1 is 1.24 bits per heavy atom. The second kappa shape index (κ2) is 5.47. The highest BCUT2D eigenvalue weighted by molar-refractivity contribution is 7.79. The molecule has 1 aromatic rings. The number of benzene rings is 1. The van der Waals surface area contributed by atoms with E-state index in [1.165, 1.54) is 5.56 Å². The third kappa shape index (κ3) is 3.68. The molecule has 1 heterocycles. The van der Waals surface area contributed by atoms with E-state index >= 15 is 0 Å². The molecule has 1 fully saturated rings. The molecule has 0 aliphatic carbocycles. The minimum Gasteiger partial charge on any atom is -0.456 e. The third-order valence-corrected chi connectivity index (χ3v) is 2.87. The summed E-state index contributed by atoms with van der Waals surface area (Å²) < 4.78 is 16.1. The molecule has 1 aliphatic rings. The molecule has 92 valence electrons. The van der Waals surface area contributed by atoms with Crippen molar-refractivity contribution in [3.05, 3.63) is 35.9 Å². The standard InChI is InChI=1S/C13H16O3S/c1-13(9-15-12(17)16-10-13)8-14-7-11-5-3-2-4-6-11/h2-6H,7-10H2,1H3. The van der Waals surface area contributed by atoms with Gasteiger partial charge in [-0.05, 0) is 5.56 Å². The van der Waals surface area contributed by atoms with Crippen LogP contribution in [0, 0.1) is 5.41 Å². The van der Waals surface area contributed by atoms with Gasteiger partial charge >= 0.3 is 5.24 Å². The van der Waals surface area contributed by atoms with Gasteiger partial charge in [0, 0.05) is 12.2 Å². The lowest BCUT2D eigenvalue weighted by Gasteiger charge is -2.33. The van der Waals surface area contributed by atoms with Gasteiger partial charge in [-0.3, -0.25) is 0 Å². The van der Waals surface area contributed by atoms with Gasteiger partial charge in [-0.25, -0.2) is 0 Å². The van der Waals surface area contributed by atoms with Crippen molar-refractivity contribution in [1.82, 2.24) is 0 Å². The summed E-state index contributed by atoms with van der Waals surface area (Å²) in [5.41, 5.74) is 1.06. The van der Waals surface area contributed by atoms with Gasteiger partial charge in [0.1, 0.15) is 13.2 Å². The van der Waals surface area contributed by atoms with Crippen molar-refractivity contribution < 1.29 is 14.2 Å². The van der Waals surface area contributed by atoms with Crippen molar-refractivity contribution in [3.8, 4) is 0 Å². The van der Waals surface area contributed by atoms with Crippen molar-refractivity contribution in [1.29, 1.82) is 0 Å². The summed E-state index contributed by atoms with van der Waals surface area (Å²) in [7, 11) is 0. The maximum Gasteiger partial charge on any atom is 0.352 e. The van der Waals surface area contributed by atoms with Gasteiger partial charge in [-0.2, -0.15) is 0 Å². The number of hydrogen-bond donors (Lipinski definition) is 0. The van der Waals surface area contributed by atoms with E-state index in [1.807, 2.05) is 30.3 Å². The SMILES string of the molecule is CC1(COCc2ccccc2)COC(=S)OC1. The monoisotopic (exact) mass is 252 g/mol. The first-order valence-corrected chi connectivity index (χ1v) is 6.00. The maximum atomic E-state index is 5.69. The van der Waals surface area contributed by atoms with Gasteiger partial charge in [0.25, 0.3) is 0 Å². The first kappa shape index (κ1) is 12.3. The Hall–Kier alpha value is -1.13. The van der Waals surface area contributed by atoms with Gasteiger partial charge < -0.3 is 14.2 Å². The summed E-state index contributed by atoms with van der Waals surface area (Å²) in [6.07, 6.45) is 0. The Bertz CT molecular complexity index is 368. The molecule has 0 radical (unpaired) electrons. The van der Waals surface area contributed by atoms with E-state index in [4.69, 9.17) is 26.4 Å². The average molecular weight is 252 g/mol. The molecule has 0 unspecified atom stereocenters. The van der Waals surface area contributed by atoms with E-state index in [1.54, 1.807) is 0 Å². The Morgan fingerprint density at radius 3 is 2.53 bits per heavy atom. The van der Waals surface area contributed by atoms with Crippen LogP contribution in [0.1, 0.15) is 12.5 Å². The molecule has 0 atom stereocenters. The lowest BCUT2D eigenvalue weighted by atomic mass is 9.94. The fourth-order valence-corrected chi connectivity index (χ4v) is 1.74. The molecule has 4 heteroatoms. The van der Waals surface area contributed by atoms with Crippen molar-refractivity contribution in [2.75, 3.05) is 19.8 Å². The molecule has 0 N–H and O–H groups in total. The molecular weight excluding hydrogens is 236 g/mol. The average Bonchev–Trinajstić information content (AvgIpc) is 2.35. The highest BCUT2D eigenvalue weighted by Crippen LogP contribution is 2.23. The van der Waals surface area contributed by atoms with Crippen LogP contribution in [-0.2, 0) is 20.8 Å². The van der Waals surface area contributed by atoms with Crippen molar-refractivity contribution in [2.24, 2.45) is 5.41 Å². The molecule has 1 aliphatic heterocycles. The maximum absolute atomic E-state index is 5.69. The van der Waals surface area contributed by atoms with E-state index in [9.17, 15) is 0 Å². The van der Waals surface area contributed by atoms with Crippen LogP contribution in [0.15, 0.2) is 30.3 Å². The topological polar surface area (TPSA) is 27.7 Å². The first-order chi connectivity index (χ1) is 8.18. The van der Waals surface area contributed by atoms with Crippen LogP contribution in [0.25, 0.3) is 0 Å². The van der Waals surface area contributed by atoms with Crippen LogP contribution < -0.4 is 0 Å². The molecule has 3 nitrogen and oxygen atoms in total. The van der Waals surface area contributed by atoms with E-state index in [0.717, 1.165) is 0 Å². The van der Waals surface area contributed by atoms with Crippen LogP contribution >= 0.6 is 12.2 Å². The summed E-state index contributed by atoms with van der Waals surface area (Å²) in [6, 6.07) is 10.1. The molecule has 0 spiro atoms. The summed E-state index contributed by atoms with van der Waals surface area (Å²) in [5, 5.41) is 0.241. The second-order valence-electron chi connectivity index (χ2n) is 4.62. The predicted octanol–water partition coefficient (Wildman–Crippen LogP) is 2.54. The Kier molecular flexibility index (Phi) is 3.97. The lowest BCUT2D eigenvalue weighted by Crippen LogP contribution is -2.40. The zero-order valence-corrected chi connectivity index (χ0v) is 10.7. The molecule has 0 saturated carbocycles. The van der Waals surface area contributed by atoms with Crippen LogP contribution in [0.5, 0.6) is 0 Å². The highest BCUT2D eigenvalue weighted by atomic mass is 32.1. The molecule has 0 bridgehead atoms. The number of ether oxygens (including phenoxy) is 3. The van der Waals surface area contributed by atoms with Gasteiger partial charge in [0.2, 0.25) is 0 Å². The minimum absolute atomic E-state index is 0.114. The molecule has 17 heavy (non-hydrogen) atoms. The zero-order valence-electron chi connectivity index (χ0n) is 9.85. The Balaban J connectivity index is 1.76. The normalized spacial score (nSPS) is 18.3. The van der Waals surface area contributed by atoms with Gasteiger partial charge in [0.05, 0.1) is 18.6 Å². The molecule has 1 aromatic carbocycles. The number of rotatable bonds is 4. The number of thiocarbonyl (C=S) groups is 1. The van der Waals surface area contributed by atoms with Crippen LogP contribution in [-0.4, -0.2) is 25.1 Å². The van der Waals surface area contributed by atoms with E-state index in [2.05, 4.69) is 6.92 Å². The minimum atomic E-state index is -0.114. The smallest absolute Gasteiger partial charge is 0.352 e. The molecule has 1 saturated heterocycles. The molecule has 0 aromatic heterocycles. The predicted molar refractivity (Wildman–Crippen MR) is 68.7 cm³/mol. The Morgan fingerprint density at radius 2 is 1.88 bits per heavy atom. The lowest BCUT2D eigenvalue weighted by molar-refractivity contribution is -0.0559. The third-order valence-electron chi connectivity index (χ3n) is 2.64. The van der Waals surface area contributed by atoms with Crippen molar-refractivity contribution in [2.45, 2.75) is 13.5 Å². The molecule has 0 amide bonds. The largest absolute Gasteiger partial charge is 0.456 e. The summed E-state index contributed by atoms with van der Waals surface area (Å²) >= 11 is 4.81. The van der Waals surface area contributed by atoms with Crippen LogP contribution in [0.4, 0.5) is 0 Å². The van der Waals surface area contributed by atoms with Crippen LogP contribution in [0.2, 0.25) is 0 Å². The van der Waals surface area contributed by atoms with Crippen molar-refractivity contribution in [3.63, 3.8) is 0 Å². The summed E-state index contributed by atoms with van der Waals surface area (Å²) in [4.78, 5) is 0. The molecule has 2 rings (SSSR count). The van der Waals surface area contributed by atoms with Crippen LogP contribution in [0.3, 0.4) is 0 Å². The zero-order chi connectivity index (χ0) is 12.1.